The zero-order chi connectivity index (χ0) is 15.1. The lowest BCUT2D eigenvalue weighted by Gasteiger charge is -2.34. The third-order valence-electron chi connectivity index (χ3n) is 3.98. The third-order valence-corrected chi connectivity index (χ3v) is 3.98. The van der Waals surface area contributed by atoms with E-state index in [9.17, 15) is 9.90 Å². The Bertz CT molecular complexity index is 465. The topological polar surface area (TPSA) is 78.6 Å². The number of anilines is 2. The average Bonchev–Trinajstić information content (AvgIpc) is 2.47. The number of benzene rings is 1. The molecule has 0 radical (unpaired) electrons. The predicted molar refractivity (Wildman–Crippen MR) is 85.0 cm³/mol. The van der Waals surface area contributed by atoms with Crippen LogP contribution in [0.25, 0.3) is 0 Å². The highest BCUT2D eigenvalue weighted by Gasteiger charge is 2.21. The van der Waals surface area contributed by atoms with E-state index in [0.29, 0.717) is 12.1 Å². The van der Waals surface area contributed by atoms with E-state index in [0.717, 1.165) is 31.6 Å². The second-order valence-corrected chi connectivity index (χ2v) is 5.65. The van der Waals surface area contributed by atoms with E-state index >= 15 is 0 Å². The van der Waals surface area contributed by atoms with Gasteiger partial charge >= 0.3 is 0 Å². The minimum absolute atomic E-state index is 0.0122. The smallest absolute Gasteiger partial charge is 0.224 e. The summed E-state index contributed by atoms with van der Waals surface area (Å²) in [6, 6.07) is 7.48. The van der Waals surface area contributed by atoms with E-state index < -0.39 is 0 Å². The first-order valence-electron chi connectivity index (χ1n) is 7.69. The van der Waals surface area contributed by atoms with Crippen LogP contribution in [0, 0.1) is 0 Å². The summed E-state index contributed by atoms with van der Waals surface area (Å²) in [4.78, 5) is 14.2. The van der Waals surface area contributed by atoms with E-state index in [2.05, 4.69) is 10.2 Å². The first-order chi connectivity index (χ1) is 10.2. The summed E-state index contributed by atoms with van der Waals surface area (Å²) < 4.78 is 0. The molecule has 5 nitrogen and oxygen atoms in total. The van der Waals surface area contributed by atoms with Crippen LogP contribution >= 0.6 is 0 Å². The molecule has 116 valence electrons. The fourth-order valence-corrected chi connectivity index (χ4v) is 2.84. The van der Waals surface area contributed by atoms with E-state index in [1.807, 2.05) is 12.1 Å². The molecular formula is C16H25N3O2. The maximum atomic E-state index is 11.9. The third kappa shape index (κ3) is 5.02. The molecule has 1 aliphatic rings. The van der Waals surface area contributed by atoms with Crippen LogP contribution in [0.1, 0.15) is 32.1 Å². The Labute approximate surface area is 126 Å². The Balaban J connectivity index is 1.71. The summed E-state index contributed by atoms with van der Waals surface area (Å²) in [5, 5.41) is 12.2. The van der Waals surface area contributed by atoms with E-state index in [1.165, 1.54) is 12.8 Å². The largest absolute Gasteiger partial charge is 0.399 e. The molecule has 0 aliphatic carbocycles. The first-order valence-corrected chi connectivity index (χ1v) is 7.69. The lowest BCUT2D eigenvalue weighted by Crippen LogP contribution is -2.42. The van der Waals surface area contributed by atoms with Gasteiger partial charge in [-0.05, 0) is 50.6 Å². The van der Waals surface area contributed by atoms with Crippen molar-refractivity contribution in [3.05, 3.63) is 24.3 Å². The number of piperidine rings is 1. The SMILES string of the molecule is Nc1cccc(NC(=O)CCCN2CCCCC2CO)c1. The summed E-state index contributed by atoms with van der Waals surface area (Å²) in [7, 11) is 0. The molecule has 0 saturated carbocycles. The van der Waals surface area contributed by atoms with Crippen LogP contribution in [0.4, 0.5) is 11.4 Å². The van der Waals surface area contributed by atoms with Crippen molar-refractivity contribution in [1.82, 2.24) is 4.90 Å². The average molecular weight is 291 g/mol. The van der Waals surface area contributed by atoms with Gasteiger partial charge in [-0.1, -0.05) is 12.5 Å². The van der Waals surface area contributed by atoms with Gasteiger partial charge in [-0.15, -0.1) is 0 Å². The lowest BCUT2D eigenvalue weighted by atomic mass is 10.0. The molecule has 0 bridgehead atoms. The van der Waals surface area contributed by atoms with Crippen LogP contribution in [0.15, 0.2) is 24.3 Å². The van der Waals surface area contributed by atoms with Crippen molar-refractivity contribution in [1.29, 1.82) is 0 Å². The Hall–Kier alpha value is -1.59. The second kappa shape index (κ2) is 8.00. The fourth-order valence-electron chi connectivity index (χ4n) is 2.84. The van der Waals surface area contributed by atoms with Crippen LogP contribution in [-0.4, -0.2) is 41.7 Å². The summed E-state index contributed by atoms with van der Waals surface area (Å²) >= 11 is 0. The molecule has 1 aromatic rings. The first kappa shape index (κ1) is 15.8. The maximum absolute atomic E-state index is 11.9. The number of nitrogens with zero attached hydrogens (tertiary/aromatic N) is 1. The molecule has 1 aromatic carbocycles. The Morgan fingerprint density at radius 1 is 1.43 bits per heavy atom. The summed E-state index contributed by atoms with van der Waals surface area (Å²) in [5.41, 5.74) is 7.07. The number of aliphatic hydroxyl groups is 1. The van der Waals surface area contributed by atoms with Gasteiger partial charge in [0, 0.05) is 23.8 Å². The highest BCUT2D eigenvalue weighted by atomic mass is 16.3. The molecule has 21 heavy (non-hydrogen) atoms. The van der Waals surface area contributed by atoms with Crippen LogP contribution in [0.3, 0.4) is 0 Å². The zero-order valence-corrected chi connectivity index (χ0v) is 12.4. The Kier molecular flexibility index (Phi) is 6.02. The van der Waals surface area contributed by atoms with Gasteiger partial charge in [0.1, 0.15) is 0 Å². The van der Waals surface area contributed by atoms with Crippen molar-refractivity contribution in [3.63, 3.8) is 0 Å². The van der Waals surface area contributed by atoms with Crippen molar-refractivity contribution in [2.24, 2.45) is 0 Å². The maximum Gasteiger partial charge on any atom is 0.224 e. The van der Waals surface area contributed by atoms with Gasteiger partial charge in [0.25, 0.3) is 0 Å². The van der Waals surface area contributed by atoms with E-state index in [4.69, 9.17) is 5.73 Å². The van der Waals surface area contributed by atoms with Gasteiger partial charge in [-0.3, -0.25) is 9.69 Å². The molecule has 1 unspecified atom stereocenters. The number of amides is 1. The monoisotopic (exact) mass is 291 g/mol. The van der Waals surface area contributed by atoms with Crippen molar-refractivity contribution in [2.45, 2.75) is 38.1 Å². The van der Waals surface area contributed by atoms with E-state index in [-0.39, 0.29) is 18.6 Å². The molecular weight excluding hydrogens is 266 g/mol. The molecule has 1 saturated heterocycles. The standard InChI is InChI=1S/C16H25N3O2/c17-13-5-3-6-14(11-13)18-16(21)8-4-10-19-9-2-1-7-15(19)12-20/h3,5-6,11,15,20H,1-2,4,7-10,12,17H2,(H,18,21). The van der Waals surface area contributed by atoms with Gasteiger partial charge in [0.15, 0.2) is 0 Å². The number of hydrogen-bond donors (Lipinski definition) is 3. The molecule has 5 heteroatoms. The van der Waals surface area contributed by atoms with Gasteiger partial charge in [-0.25, -0.2) is 0 Å². The number of likely N-dealkylation sites (tertiary alicyclic amines) is 1. The number of hydrogen-bond acceptors (Lipinski definition) is 4. The quantitative estimate of drug-likeness (QED) is 0.699. The highest BCUT2D eigenvalue weighted by Crippen LogP contribution is 2.17. The molecule has 1 aliphatic heterocycles. The number of nitrogens with two attached hydrogens (primary N) is 1. The Morgan fingerprint density at radius 3 is 3.05 bits per heavy atom. The van der Waals surface area contributed by atoms with Crippen LogP contribution in [-0.2, 0) is 4.79 Å². The van der Waals surface area contributed by atoms with Crippen LogP contribution in [0.5, 0.6) is 0 Å². The molecule has 0 aromatic heterocycles. The Morgan fingerprint density at radius 2 is 2.29 bits per heavy atom. The number of nitrogen functional groups attached to an aromatic ring is 1. The molecule has 1 atom stereocenters. The summed E-state index contributed by atoms with van der Waals surface area (Å²) in [6.45, 7) is 2.12. The number of nitrogens with one attached hydrogen (secondary N) is 1. The van der Waals surface area contributed by atoms with Gasteiger partial charge in [0.2, 0.25) is 5.91 Å². The lowest BCUT2D eigenvalue weighted by molar-refractivity contribution is -0.116. The zero-order valence-electron chi connectivity index (χ0n) is 12.4. The van der Waals surface area contributed by atoms with Gasteiger partial charge < -0.3 is 16.2 Å². The fraction of sp³-hybridized carbons (Fsp3) is 0.562. The molecule has 2 rings (SSSR count). The van der Waals surface area contributed by atoms with Crippen molar-refractivity contribution in [2.75, 3.05) is 30.7 Å². The minimum atomic E-state index is 0.0122. The minimum Gasteiger partial charge on any atom is -0.399 e. The molecule has 4 N–H and O–H groups in total. The predicted octanol–water partition coefficient (Wildman–Crippen LogP) is 1.83. The number of carbonyl (C=O) groups excluding carboxylic acids is 1. The van der Waals surface area contributed by atoms with Crippen LogP contribution in [0.2, 0.25) is 0 Å². The molecule has 1 fully saturated rings. The van der Waals surface area contributed by atoms with Crippen molar-refractivity contribution >= 4 is 17.3 Å². The second-order valence-electron chi connectivity index (χ2n) is 5.65. The van der Waals surface area contributed by atoms with Gasteiger partial charge in [-0.2, -0.15) is 0 Å². The number of rotatable bonds is 6. The van der Waals surface area contributed by atoms with Crippen molar-refractivity contribution in [3.8, 4) is 0 Å². The molecule has 1 heterocycles. The molecule has 1 amide bonds. The number of aliphatic hydroxyl groups excluding tert-OH is 1. The normalized spacial score (nSPS) is 19.4. The van der Waals surface area contributed by atoms with E-state index in [1.54, 1.807) is 12.1 Å². The highest BCUT2D eigenvalue weighted by molar-refractivity contribution is 5.91. The van der Waals surface area contributed by atoms with Crippen LogP contribution < -0.4 is 11.1 Å². The molecule has 0 spiro atoms. The summed E-state index contributed by atoms with van der Waals surface area (Å²) in [5.74, 6) is 0.0122. The van der Waals surface area contributed by atoms with Crippen molar-refractivity contribution < 1.29 is 9.90 Å². The number of carbonyl (C=O) groups is 1. The van der Waals surface area contributed by atoms with Gasteiger partial charge in [0.05, 0.1) is 6.61 Å². The summed E-state index contributed by atoms with van der Waals surface area (Å²) in [6.07, 6.45) is 4.74.